The van der Waals surface area contributed by atoms with Crippen molar-refractivity contribution in [2.75, 3.05) is 25.1 Å². The van der Waals surface area contributed by atoms with Crippen LogP contribution in [0.4, 0.5) is 5.69 Å². The average molecular weight is 384 g/mol. The van der Waals surface area contributed by atoms with Gasteiger partial charge >= 0.3 is 0 Å². The van der Waals surface area contributed by atoms with Crippen LogP contribution in [0.25, 0.3) is 10.9 Å². The number of benzene rings is 2. The SMILES string of the molecule is C=CCN(c1cnc2ccccc2c1)S(=O)(=O)c1cc(OC)ccc1OC. The van der Waals surface area contributed by atoms with Gasteiger partial charge in [-0.2, -0.15) is 0 Å². The maximum absolute atomic E-state index is 13.4. The Morgan fingerprint density at radius 2 is 1.89 bits per heavy atom. The van der Waals surface area contributed by atoms with E-state index in [0.29, 0.717) is 11.4 Å². The van der Waals surface area contributed by atoms with E-state index < -0.39 is 10.0 Å². The van der Waals surface area contributed by atoms with Crippen molar-refractivity contribution < 1.29 is 17.9 Å². The van der Waals surface area contributed by atoms with E-state index in [1.165, 1.54) is 36.9 Å². The lowest BCUT2D eigenvalue weighted by molar-refractivity contribution is 0.392. The van der Waals surface area contributed by atoms with E-state index >= 15 is 0 Å². The molecule has 0 radical (unpaired) electrons. The molecule has 0 aliphatic rings. The van der Waals surface area contributed by atoms with Crippen molar-refractivity contribution in [1.29, 1.82) is 0 Å². The zero-order valence-electron chi connectivity index (χ0n) is 15.1. The average Bonchev–Trinajstić information content (AvgIpc) is 2.71. The Bertz CT molecular complexity index is 1080. The van der Waals surface area contributed by atoms with Crippen LogP contribution >= 0.6 is 0 Å². The van der Waals surface area contributed by atoms with Gasteiger partial charge in [0.15, 0.2) is 0 Å². The van der Waals surface area contributed by atoms with Gasteiger partial charge in [-0.3, -0.25) is 9.29 Å². The fourth-order valence-corrected chi connectivity index (χ4v) is 4.35. The minimum absolute atomic E-state index is 0.0133. The summed E-state index contributed by atoms with van der Waals surface area (Å²) in [5.41, 5.74) is 1.23. The van der Waals surface area contributed by atoms with Gasteiger partial charge in [-0.1, -0.05) is 24.3 Å². The summed E-state index contributed by atoms with van der Waals surface area (Å²) in [6.45, 7) is 3.78. The first-order chi connectivity index (χ1) is 13.0. The van der Waals surface area contributed by atoms with Gasteiger partial charge in [0, 0.05) is 11.5 Å². The molecule has 0 saturated heterocycles. The monoisotopic (exact) mass is 384 g/mol. The van der Waals surface area contributed by atoms with Crippen molar-refractivity contribution in [1.82, 2.24) is 4.98 Å². The van der Waals surface area contributed by atoms with Gasteiger partial charge in [-0.25, -0.2) is 8.42 Å². The van der Waals surface area contributed by atoms with Gasteiger partial charge in [0.05, 0.1) is 38.2 Å². The predicted molar refractivity (Wildman–Crippen MR) is 106 cm³/mol. The molecule has 0 spiro atoms. The molecule has 0 atom stereocenters. The summed E-state index contributed by atoms with van der Waals surface area (Å²) in [5.74, 6) is 0.656. The summed E-state index contributed by atoms with van der Waals surface area (Å²) in [6, 6.07) is 14.0. The van der Waals surface area contributed by atoms with Crippen molar-refractivity contribution in [3.8, 4) is 11.5 Å². The molecule has 0 N–H and O–H groups in total. The minimum atomic E-state index is -3.94. The highest BCUT2D eigenvalue weighted by molar-refractivity contribution is 7.93. The van der Waals surface area contributed by atoms with Crippen molar-refractivity contribution in [3.05, 3.63) is 67.4 Å². The third-order valence-corrected chi connectivity index (χ3v) is 5.91. The highest BCUT2D eigenvalue weighted by Gasteiger charge is 2.28. The van der Waals surface area contributed by atoms with Crippen LogP contribution in [0.15, 0.2) is 72.3 Å². The summed E-state index contributed by atoms with van der Waals surface area (Å²) in [5, 5.41) is 0.844. The molecule has 140 valence electrons. The number of nitrogens with zero attached hydrogens (tertiary/aromatic N) is 2. The van der Waals surface area contributed by atoms with Crippen LogP contribution in [-0.4, -0.2) is 34.2 Å². The number of fused-ring (bicyclic) bond motifs is 1. The summed E-state index contributed by atoms with van der Waals surface area (Å²) in [4.78, 5) is 4.38. The molecule has 27 heavy (non-hydrogen) atoms. The highest BCUT2D eigenvalue weighted by Crippen LogP contribution is 2.33. The minimum Gasteiger partial charge on any atom is -0.497 e. The van der Waals surface area contributed by atoms with Crippen molar-refractivity contribution in [2.45, 2.75) is 4.90 Å². The molecule has 0 saturated carbocycles. The van der Waals surface area contributed by atoms with Crippen LogP contribution < -0.4 is 13.8 Å². The molecule has 0 aliphatic carbocycles. The van der Waals surface area contributed by atoms with E-state index in [-0.39, 0.29) is 17.2 Å². The van der Waals surface area contributed by atoms with E-state index in [1.54, 1.807) is 18.2 Å². The molecule has 0 bridgehead atoms. The molecule has 1 aromatic heterocycles. The zero-order valence-corrected chi connectivity index (χ0v) is 15.9. The highest BCUT2D eigenvalue weighted by atomic mass is 32.2. The third-order valence-electron chi connectivity index (χ3n) is 4.10. The van der Waals surface area contributed by atoms with Crippen LogP contribution in [0.5, 0.6) is 11.5 Å². The fourth-order valence-electron chi connectivity index (χ4n) is 2.76. The quantitative estimate of drug-likeness (QED) is 0.582. The van der Waals surface area contributed by atoms with E-state index in [9.17, 15) is 8.42 Å². The smallest absolute Gasteiger partial charge is 0.268 e. The molecule has 7 heteroatoms. The molecule has 0 unspecified atom stereocenters. The van der Waals surface area contributed by atoms with Crippen LogP contribution in [0.2, 0.25) is 0 Å². The first-order valence-corrected chi connectivity index (χ1v) is 9.65. The largest absolute Gasteiger partial charge is 0.497 e. The Morgan fingerprint density at radius 1 is 1.11 bits per heavy atom. The normalized spacial score (nSPS) is 11.2. The number of pyridine rings is 1. The fraction of sp³-hybridized carbons (Fsp3) is 0.150. The molecule has 1 heterocycles. The third kappa shape index (κ3) is 3.59. The van der Waals surface area contributed by atoms with Crippen LogP contribution in [0.1, 0.15) is 0 Å². The molecule has 3 aromatic rings. The second-order valence-corrected chi connectivity index (χ2v) is 7.56. The first kappa shape index (κ1) is 18.7. The van der Waals surface area contributed by atoms with Crippen LogP contribution in [0, 0.1) is 0 Å². The lowest BCUT2D eigenvalue weighted by atomic mass is 10.2. The van der Waals surface area contributed by atoms with Crippen molar-refractivity contribution >= 4 is 26.6 Å². The lowest BCUT2D eigenvalue weighted by Crippen LogP contribution is -2.31. The second kappa shape index (κ2) is 7.67. The molecule has 0 amide bonds. The van der Waals surface area contributed by atoms with Gasteiger partial charge in [-0.05, 0) is 24.3 Å². The predicted octanol–water partition coefficient (Wildman–Crippen LogP) is 3.63. The number of sulfonamides is 1. The van der Waals surface area contributed by atoms with E-state index in [0.717, 1.165) is 10.9 Å². The maximum atomic E-state index is 13.4. The number of hydrogen-bond donors (Lipinski definition) is 0. The Labute approximate surface area is 158 Å². The van der Waals surface area contributed by atoms with Gasteiger partial charge in [0.1, 0.15) is 16.4 Å². The van der Waals surface area contributed by atoms with E-state index in [1.807, 2.05) is 24.3 Å². The number of para-hydroxylation sites is 1. The van der Waals surface area contributed by atoms with Gasteiger partial charge < -0.3 is 9.47 Å². The second-order valence-electron chi connectivity index (χ2n) is 5.73. The first-order valence-electron chi connectivity index (χ1n) is 8.21. The van der Waals surface area contributed by atoms with E-state index in [4.69, 9.17) is 9.47 Å². The van der Waals surface area contributed by atoms with Gasteiger partial charge in [0.25, 0.3) is 10.0 Å². The number of anilines is 1. The lowest BCUT2D eigenvalue weighted by Gasteiger charge is -2.24. The summed E-state index contributed by atoms with van der Waals surface area (Å²) >= 11 is 0. The van der Waals surface area contributed by atoms with Crippen LogP contribution in [0.3, 0.4) is 0 Å². The Balaban J connectivity index is 2.16. The molecular formula is C20H20N2O4S. The summed E-state index contributed by atoms with van der Waals surface area (Å²) in [6.07, 6.45) is 3.06. The number of aromatic nitrogens is 1. The molecule has 6 nitrogen and oxygen atoms in total. The van der Waals surface area contributed by atoms with Crippen molar-refractivity contribution in [2.24, 2.45) is 0 Å². The Hall–Kier alpha value is -3.06. The van der Waals surface area contributed by atoms with Gasteiger partial charge in [0.2, 0.25) is 0 Å². The van der Waals surface area contributed by atoms with Crippen LogP contribution in [-0.2, 0) is 10.0 Å². The van der Waals surface area contributed by atoms with Gasteiger partial charge in [-0.15, -0.1) is 6.58 Å². The topological polar surface area (TPSA) is 68.7 Å². The van der Waals surface area contributed by atoms with E-state index in [2.05, 4.69) is 11.6 Å². The summed E-state index contributed by atoms with van der Waals surface area (Å²) in [7, 11) is -1.04. The Morgan fingerprint density at radius 3 is 2.59 bits per heavy atom. The molecule has 3 rings (SSSR count). The number of rotatable bonds is 7. The molecular weight excluding hydrogens is 364 g/mol. The standard InChI is InChI=1S/C20H20N2O4S/c1-4-11-22(16-12-15-7-5-6-8-18(15)21-14-16)27(23,24)20-13-17(25-2)9-10-19(20)26-3/h4-10,12-14H,1,11H2,2-3H3. The molecule has 0 aliphatic heterocycles. The molecule has 2 aromatic carbocycles. The summed E-state index contributed by atoms with van der Waals surface area (Å²) < 4.78 is 38.5. The number of methoxy groups -OCH3 is 2. The van der Waals surface area contributed by atoms with Crippen molar-refractivity contribution in [3.63, 3.8) is 0 Å². The maximum Gasteiger partial charge on any atom is 0.268 e. The zero-order chi connectivity index (χ0) is 19.4. The molecule has 0 fully saturated rings. The Kier molecular flexibility index (Phi) is 5.32. The number of ether oxygens (including phenoxy) is 2. The number of hydrogen-bond acceptors (Lipinski definition) is 5.